The van der Waals surface area contributed by atoms with Gasteiger partial charge in [0.15, 0.2) is 0 Å². The van der Waals surface area contributed by atoms with Crippen LogP contribution in [0.15, 0.2) is 60.9 Å². The molecule has 2 aromatic carbocycles. The van der Waals surface area contributed by atoms with E-state index < -0.39 is 0 Å². The van der Waals surface area contributed by atoms with Crippen molar-refractivity contribution in [3.63, 3.8) is 0 Å². The lowest BCUT2D eigenvalue weighted by atomic mass is 10.2. The van der Waals surface area contributed by atoms with Crippen LogP contribution < -0.4 is 10.6 Å². The van der Waals surface area contributed by atoms with Crippen molar-refractivity contribution < 1.29 is 9.59 Å². The molecule has 1 heterocycles. The van der Waals surface area contributed by atoms with Crippen molar-refractivity contribution in [3.8, 4) is 5.69 Å². The second kappa shape index (κ2) is 7.82. The molecule has 25 heavy (non-hydrogen) atoms. The van der Waals surface area contributed by atoms with Crippen LogP contribution in [0.2, 0.25) is 0 Å². The molecule has 0 aliphatic rings. The number of nitrogens with one attached hydrogen (secondary N) is 2. The molecule has 0 atom stereocenters. The Bertz CT molecular complexity index is 849. The van der Waals surface area contributed by atoms with E-state index in [2.05, 4.69) is 26.2 Å². The summed E-state index contributed by atoms with van der Waals surface area (Å²) in [6.07, 6.45) is 1.65. The highest BCUT2D eigenvalue weighted by atomic mass is 16.2. The molecule has 8 heteroatoms. The normalized spacial score (nSPS) is 10.2. The number of carbonyl (C=O) groups excluding carboxylic acids is 2. The maximum absolute atomic E-state index is 12.0. The number of anilines is 1. The zero-order valence-corrected chi connectivity index (χ0v) is 13.3. The van der Waals surface area contributed by atoms with E-state index in [4.69, 9.17) is 0 Å². The molecular weight excluding hydrogens is 320 g/mol. The smallest absolute Gasteiger partial charge is 0.251 e. The van der Waals surface area contributed by atoms with Gasteiger partial charge in [0, 0.05) is 24.2 Å². The number of tetrazole rings is 1. The summed E-state index contributed by atoms with van der Waals surface area (Å²) in [5, 5.41) is 16.5. The average molecular weight is 336 g/mol. The molecule has 2 amide bonds. The molecule has 0 bridgehead atoms. The number of rotatable bonds is 6. The molecule has 0 saturated heterocycles. The molecule has 1 aromatic heterocycles. The highest BCUT2D eigenvalue weighted by molar-refractivity contribution is 5.95. The summed E-state index contributed by atoms with van der Waals surface area (Å²) in [6, 6.07) is 16.0. The summed E-state index contributed by atoms with van der Waals surface area (Å²) in [4.78, 5) is 23.9. The predicted molar refractivity (Wildman–Crippen MR) is 91.2 cm³/mol. The van der Waals surface area contributed by atoms with Crippen molar-refractivity contribution in [1.82, 2.24) is 25.5 Å². The standard InChI is InChI=1S/C17H16N6O2/c24-16(9-10-18-17(25)13-5-2-1-3-6-13)20-14-7-4-8-15(11-14)23-12-19-21-22-23/h1-8,11-12H,9-10H2,(H,18,25)(H,20,24). The van der Waals surface area contributed by atoms with Crippen molar-refractivity contribution in [2.24, 2.45) is 0 Å². The van der Waals surface area contributed by atoms with Crippen molar-refractivity contribution in [2.75, 3.05) is 11.9 Å². The van der Waals surface area contributed by atoms with E-state index in [9.17, 15) is 9.59 Å². The fourth-order valence-corrected chi connectivity index (χ4v) is 2.21. The molecule has 3 aromatic rings. The minimum atomic E-state index is -0.200. The van der Waals surface area contributed by atoms with Gasteiger partial charge in [0.25, 0.3) is 5.91 Å². The Morgan fingerprint density at radius 2 is 1.88 bits per heavy atom. The summed E-state index contributed by atoms with van der Waals surface area (Å²) in [5.74, 6) is -0.392. The fraction of sp³-hybridized carbons (Fsp3) is 0.118. The van der Waals surface area contributed by atoms with E-state index in [0.717, 1.165) is 5.69 Å². The Hall–Kier alpha value is -3.55. The number of benzene rings is 2. The zero-order valence-electron chi connectivity index (χ0n) is 13.3. The van der Waals surface area contributed by atoms with Gasteiger partial charge in [-0.1, -0.05) is 24.3 Å². The molecule has 3 rings (SSSR count). The Kier molecular flexibility index (Phi) is 5.10. The first-order chi connectivity index (χ1) is 12.2. The summed E-state index contributed by atoms with van der Waals surface area (Å²) < 4.78 is 1.50. The number of nitrogens with zero attached hydrogens (tertiary/aromatic N) is 4. The van der Waals surface area contributed by atoms with Gasteiger partial charge >= 0.3 is 0 Å². The first kappa shape index (κ1) is 16.3. The lowest BCUT2D eigenvalue weighted by Gasteiger charge is -2.08. The number of carbonyl (C=O) groups is 2. The molecule has 8 nitrogen and oxygen atoms in total. The molecule has 0 aliphatic carbocycles. The second-order valence-electron chi connectivity index (χ2n) is 5.22. The van der Waals surface area contributed by atoms with Crippen LogP contribution in [-0.4, -0.2) is 38.6 Å². The SMILES string of the molecule is O=C(CCNC(=O)c1ccccc1)Nc1cccc(-n2cnnn2)c1. The van der Waals surface area contributed by atoms with E-state index in [1.54, 1.807) is 42.5 Å². The van der Waals surface area contributed by atoms with Crippen LogP contribution in [0, 0.1) is 0 Å². The zero-order chi connectivity index (χ0) is 17.5. The number of hydrogen-bond donors (Lipinski definition) is 2. The summed E-state index contributed by atoms with van der Waals surface area (Å²) in [7, 11) is 0. The number of amides is 2. The lowest BCUT2D eigenvalue weighted by Crippen LogP contribution is -2.27. The van der Waals surface area contributed by atoms with Gasteiger partial charge in [-0.05, 0) is 40.8 Å². The molecule has 0 unspecified atom stereocenters. The summed E-state index contributed by atoms with van der Waals surface area (Å²) in [6.45, 7) is 0.256. The molecule has 126 valence electrons. The Balaban J connectivity index is 1.50. The van der Waals surface area contributed by atoms with Crippen molar-refractivity contribution in [1.29, 1.82) is 0 Å². The van der Waals surface area contributed by atoms with Gasteiger partial charge in [0.1, 0.15) is 6.33 Å². The topological polar surface area (TPSA) is 102 Å². The van der Waals surface area contributed by atoms with E-state index in [1.807, 2.05) is 12.1 Å². The van der Waals surface area contributed by atoms with Crippen LogP contribution in [0.25, 0.3) is 5.69 Å². The van der Waals surface area contributed by atoms with Gasteiger partial charge in [-0.15, -0.1) is 5.10 Å². The first-order valence-corrected chi connectivity index (χ1v) is 7.69. The van der Waals surface area contributed by atoms with Crippen molar-refractivity contribution >= 4 is 17.5 Å². The molecular formula is C17H16N6O2. The van der Waals surface area contributed by atoms with E-state index in [-0.39, 0.29) is 24.8 Å². The molecule has 0 saturated carbocycles. The van der Waals surface area contributed by atoms with Crippen LogP contribution in [0.3, 0.4) is 0 Å². The van der Waals surface area contributed by atoms with E-state index in [1.165, 1.54) is 11.0 Å². The predicted octanol–water partition coefficient (Wildman–Crippen LogP) is 1.42. The van der Waals surface area contributed by atoms with Crippen LogP contribution in [0.4, 0.5) is 5.69 Å². The van der Waals surface area contributed by atoms with Gasteiger partial charge in [0.2, 0.25) is 5.91 Å². The van der Waals surface area contributed by atoms with Crippen LogP contribution in [0.5, 0.6) is 0 Å². The quantitative estimate of drug-likeness (QED) is 0.709. The second-order valence-corrected chi connectivity index (χ2v) is 5.22. The third-order valence-corrected chi connectivity index (χ3v) is 3.42. The molecule has 0 fully saturated rings. The average Bonchev–Trinajstić information content (AvgIpc) is 3.17. The summed E-state index contributed by atoms with van der Waals surface area (Å²) in [5.41, 5.74) is 1.93. The minimum absolute atomic E-state index is 0.174. The largest absolute Gasteiger partial charge is 0.352 e. The fourth-order valence-electron chi connectivity index (χ4n) is 2.21. The van der Waals surface area contributed by atoms with E-state index in [0.29, 0.717) is 11.3 Å². The van der Waals surface area contributed by atoms with E-state index >= 15 is 0 Å². The molecule has 0 radical (unpaired) electrons. The molecule has 2 N–H and O–H groups in total. The van der Waals surface area contributed by atoms with Crippen molar-refractivity contribution in [2.45, 2.75) is 6.42 Å². The van der Waals surface area contributed by atoms with Crippen LogP contribution >= 0.6 is 0 Å². The van der Waals surface area contributed by atoms with Gasteiger partial charge in [-0.25, -0.2) is 4.68 Å². The highest BCUT2D eigenvalue weighted by Gasteiger charge is 2.07. The first-order valence-electron chi connectivity index (χ1n) is 7.69. The third-order valence-electron chi connectivity index (χ3n) is 3.42. The minimum Gasteiger partial charge on any atom is -0.352 e. The maximum atomic E-state index is 12.0. The van der Waals surface area contributed by atoms with Gasteiger partial charge in [0.05, 0.1) is 5.69 Å². The highest BCUT2D eigenvalue weighted by Crippen LogP contribution is 2.13. The number of aromatic nitrogens is 4. The Morgan fingerprint density at radius 3 is 2.64 bits per heavy atom. The van der Waals surface area contributed by atoms with Gasteiger partial charge in [-0.3, -0.25) is 9.59 Å². The maximum Gasteiger partial charge on any atom is 0.251 e. The van der Waals surface area contributed by atoms with Crippen molar-refractivity contribution in [3.05, 3.63) is 66.5 Å². The van der Waals surface area contributed by atoms with Crippen LogP contribution in [0.1, 0.15) is 16.8 Å². The molecule has 0 aliphatic heterocycles. The third kappa shape index (κ3) is 4.47. The van der Waals surface area contributed by atoms with Gasteiger partial charge in [-0.2, -0.15) is 0 Å². The number of hydrogen-bond acceptors (Lipinski definition) is 5. The van der Waals surface area contributed by atoms with Gasteiger partial charge < -0.3 is 10.6 Å². The monoisotopic (exact) mass is 336 g/mol. The Labute approximate surface area is 143 Å². The summed E-state index contributed by atoms with van der Waals surface area (Å²) >= 11 is 0. The van der Waals surface area contributed by atoms with Crippen LogP contribution in [-0.2, 0) is 4.79 Å². The lowest BCUT2D eigenvalue weighted by molar-refractivity contribution is -0.116. The molecule has 0 spiro atoms. The Morgan fingerprint density at radius 1 is 1.04 bits per heavy atom.